The summed E-state index contributed by atoms with van der Waals surface area (Å²) in [4.78, 5) is 0. The molecule has 14 heavy (non-hydrogen) atoms. The summed E-state index contributed by atoms with van der Waals surface area (Å²) in [6, 6.07) is 0.906. The molecule has 1 aliphatic rings. The molecule has 0 spiro atoms. The Kier molecular flexibility index (Phi) is 1.87. The van der Waals surface area contributed by atoms with E-state index in [1.54, 1.807) is 0 Å². The van der Waals surface area contributed by atoms with Gasteiger partial charge in [-0.1, -0.05) is 11.6 Å². The average Bonchev–Trinajstić information content (AvgIpc) is 2.87. The van der Waals surface area contributed by atoms with Gasteiger partial charge in [-0.3, -0.25) is 0 Å². The molecule has 0 aromatic heterocycles. The second kappa shape index (κ2) is 2.74. The first-order chi connectivity index (χ1) is 6.46. The average molecular weight is 219 g/mol. The normalized spacial score (nSPS) is 18.2. The Morgan fingerprint density at radius 3 is 2.36 bits per heavy atom. The van der Waals surface area contributed by atoms with Gasteiger partial charge in [0.1, 0.15) is 10.8 Å². The molecular weight excluding hydrogens is 211 g/mol. The summed E-state index contributed by atoms with van der Waals surface area (Å²) >= 11 is 5.47. The molecule has 0 bridgehead atoms. The van der Waals surface area contributed by atoms with Crippen molar-refractivity contribution in [2.75, 3.05) is 0 Å². The van der Waals surface area contributed by atoms with Gasteiger partial charge in [0.2, 0.25) is 0 Å². The van der Waals surface area contributed by atoms with Crippen LogP contribution >= 0.6 is 11.6 Å². The largest absolute Gasteiger partial charge is 0.506 e. The Bertz CT molecular complexity index is 402. The van der Waals surface area contributed by atoms with Crippen molar-refractivity contribution in [3.63, 3.8) is 0 Å². The third kappa shape index (κ3) is 1.22. The van der Waals surface area contributed by atoms with Crippen LogP contribution in [-0.2, 0) is 5.60 Å². The van der Waals surface area contributed by atoms with E-state index in [1.165, 1.54) is 0 Å². The quantitative estimate of drug-likeness (QED) is 0.675. The van der Waals surface area contributed by atoms with E-state index in [4.69, 9.17) is 16.7 Å². The number of hydrogen-bond acceptors (Lipinski definition) is 3. The van der Waals surface area contributed by atoms with Gasteiger partial charge >= 0.3 is 0 Å². The minimum absolute atomic E-state index is 0.0396. The van der Waals surface area contributed by atoms with Crippen LogP contribution < -0.4 is 0 Å². The van der Waals surface area contributed by atoms with Gasteiger partial charge in [0, 0.05) is 5.56 Å². The molecule has 1 saturated carbocycles. The number of halogens is 2. The van der Waals surface area contributed by atoms with Crippen LogP contribution in [0.15, 0.2) is 6.07 Å². The number of aromatic hydroxyl groups is 2. The van der Waals surface area contributed by atoms with E-state index < -0.39 is 27.9 Å². The minimum atomic E-state index is -1.18. The monoisotopic (exact) mass is 218 g/mol. The van der Waals surface area contributed by atoms with Crippen LogP contribution in [0.5, 0.6) is 11.5 Å². The molecule has 5 heteroatoms. The molecule has 0 saturated heterocycles. The molecule has 1 aliphatic carbocycles. The van der Waals surface area contributed by atoms with Crippen LogP contribution in [-0.4, -0.2) is 15.3 Å². The van der Waals surface area contributed by atoms with E-state index in [0.29, 0.717) is 12.8 Å². The molecule has 3 nitrogen and oxygen atoms in total. The number of phenolic OH excluding ortho intramolecular Hbond substituents is 2. The molecule has 1 fully saturated rings. The second-order valence-electron chi connectivity index (χ2n) is 3.45. The van der Waals surface area contributed by atoms with E-state index in [1.807, 2.05) is 0 Å². The number of rotatable bonds is 1. The molecule has 2 rings (SSSR count). The fourth-order valence-corrected chi connectivity index (χ4v) is 1.53. The summed E-state index contributed by atoms with van der Waals surface area (Å²) in [5, 5.41) is 27.7. The Labute approximate surface area is 84.4 Å². The van der Waals surface area contributed by atoms with E-state index in [0.717, 1.165) is 6.07 Å². The Morgan fingerprint density at radius 1 is 1.29 bits per heavy atom. The van der Waals surface area contributed by atoms with Crippen molar-refractivity contribution in [1.29, 1.82) is 0 Å². The zero-order valence-electron chi connectivity index (χ0n) is 7.09. The summed E-state index contributed by atoms with van der Waals surface area (Å²) in [6.07, 6.45) is 0.919. The third-order valence-corrected chi connectivity index (χ3v) is 2.75. The fraction of sp³-hybridized carbons (Fsp3) is 0.333. The van der Waals surface area contributed by atoms with Gasteiger partial charge in [0.15, 0.2) is 11.6 Å². The van der Waals surface area contributed by atoms with Gasteiger partial charge in [-0.25, -0.2) is 4.39 Å². The topological polar surface area (TPSA) is 60.7 Å². The maximum atomic E-state index is 13.0. The highest BCUT2D eigenvalue weighted by atomic mass is 35.5. The number of benzene rings is 1. The molecule has 1 aromatic carbocycles. The number of phenols is 2. The van der Waals surface area contributed by atoms with Crippen molar-refractivity contribution < 1.29 is 19.7 Å². The highest BCUT2D eigenvalue weighted by molar-refractivity contribution is 6.33. The van der Waals surface area contributed by atoms with Crippen LogP contribution in [0.2, 0.25) is 5.02 Å². The van der Waals surface area contributed by atoms with Crippen molar-refractivity contribution in [1.82, 2.24) is 0 Å². The van der Waals surface area contributed by atoms with Gasteiger partial charge < -0.3 is 15.3 Å². The molecule has 1 aromatic rings. The standard InChI is InChI=1S/C9H8ClFO3/c10-6-7(12)4(9(14)1-2-9)3-5(11)8(6)13/h3,12-14H,1-2H2. The number of aliphatic hydroxyl groups is 1. The lowest BCUT2D eigenvalue weighted by Crippen LogP contribution is -2.05. The van der Waals surface area contributed by atoms with E-state index in [-0.39, 0.29) is 5.56 Å². The van der Waals surface area contributed by atoms with Gasteiger partial charge in [0.05, 0.1) is 5.60 Å². The molecule has 3 N–H and O–H groups in total. The van der Waals surface area contributed by atoms with Gasteiger partial charge in [-0.05, 0) is 18.9 Å². The van der Waals surface area contributed by atoms with Crippen molar-refractivity contribution >= 4 is 11.6 Å². The van der Waals surface area contributed by atoms with E-state index >= 15 is 0 Å². The summed E-state index contributed by atoms with van der Waals surface area (Å²) in [7, 11) is 0. The lowest BCUT2D eigenvalue weighted by atomic mass is 10.1. The summed E-state index contributed by atoms with van der Waals surface area (Å²) in [5.74, 6) is -2.19. The highest BCUT2D eigenvalue weighted by Crippen LogP contribution is 2.52. The highest BCUT2D eigenvalue weighted by Gasteiger charge is 2.45. The van der Waals surface area contributed by atoms with Crippen molar-refractivity contribution in [2.45, 2.75) is 18.4 Å². The predicted octanol–water partition coefficient (Wildman–Crippen LogP) is 1.87. The minimum Gasteiger partial charge on any atom is -0.506 e. The Morgan fingerprint density at radius 2 is 1.86 bits per heavy atom. The van der Waals surface area contributed by atoms with Gasteiger partial charge in [-0.15, -0.1) is 0 Å². The first-order valence-corrected chi connectivity index (χ1v) is 4.46. The van der Waals surface area contributed by atoms with Crippen LogP contribution in [0.3, 0.4) is 0 Å². The first-order valence-electron chi connectivity index (χ1n) is 4.08. The molecular formula is C9H8ClFO3. The van der Waals surface area contributed by atoms with Crippen LogP contribution in [0, 0.1) is 5.82 Å². The molecule has 0 atom stereocenters. The molecule has 76 valence electrons. The zero-order valence-corrected chi connectivity index (χ0v) is 7.85. The van der Waals surface area contributed by atoms with E-state index in [9.17, 15) is 14.6 Å². The predicted molar refractivity (Wildman–Crippen MR) is 47.9 cm³/mol. The van der Waals surface area contributed by atoms with Crippen molar-refractivity contribution in [2.24, 2.45) is 0 Å². The lowest BCUT2D eigenvalue weighted by molar-refractivity contribution is 0.147. The molecule has 0 aliphatic heterocycles. The molecule has 0 heterocycles. The Hall–Kier alpha value is -1.00. The zero-order chi connectivity index (χ0) is 10.5. The first kappa shape index (κ1) is 9.55. The SMILES string of the molecule is Oc1c(F)cc(C2(O)CC2)c(O)c1Cl. The van der Waals surface area contributed by atoms with Crippen LogP contribution in [0.25, 0.3) is 0 Å². The van der Waals surface area contributed by atoms with Gasteiger partial charge in [0.25, 0.3) is 0 Å². The second-order valence-corrected chi connectivity index (χ2v) is 3.83. The molecule has 0 unspecified atom stereocenters. The van der Waals surface area contributed by atoms with Gasteiger partial charge in [-0.2, -0.15) is 0 Å². The summed E-state index contributed by atoms with van der Waals surface area (Å²) in [6.45, 7) is 0. The van der Waals surface area contributed by atoms with E-state index in [2.05, 4.69) is 0 Å². The number of hydrogen-bond donors (Lipinski definition) is 3. The molecule has 0 amide bonds. The molecule has 0 radical (unpaired) electrons. The van der Waals surface area contributed by atoms with Crippen LogP contribution in [0.1, 0.15) is 18.4 Å². The van der Waals surface area contributed by atoms with Crippen LogP contribution in [0.4, 0.5) is 4.39 Å². The third-order valence-electron chi connectivity index (χ3n) is 2.39. The lowest BCUT2D eigenvalue weighted by Gasteiger charge is -2.12. The smallest absolute Gasteiger partial charge is 0.174 e. The maximum Gasteiger partial charge on any atom is 0.174 e. The van der Waals surface area contributed by atoms with Crippen molar-refractivity contribution in [3.05, 3.63) is 22.5 Å². The summed E-state index contributed by atoms with van der Waals surface area (Å²) in [5.41, 5.74) is -1.14. The summed E-state index contributed by atoms with van der Waals surface area (Å²) < 4.78 is 13.0. The maximum absolute atomic E-state index is 13.0. The van der Waals surface area contributed by atoms with Crippen molar-refractivity contribution in [3.8, 4) is 11.5 Å². The Balaban J connectivity index is 2.62. The fourth-order valence-electron chi connectivity index (χ4n) is 1.34.